The van der Waals surface area contributed by atoms with E-state index in [1.807, 2.05) is 30.3 Å². The van der Waals surface area contributed by atoms with Gasteiger partial charge in [-0.1, -0.05) is 82.7 Å². The average molecular weight is 611 g/mol. The van der Waals surface area contributed by atoms with Gasteiger partial charge in [-0.15, -0.1) is 0 Å². The van der Waals surface area contributed by atoms with Gasteiger partial charge in [0.05, 0.1) is 20.3 Å². The summed E-state index contributed by atoms with van der Waals surface area (Å²) in [6.07, 6.45) is 8.22. The molecule has 1 aliphatic carbocycles. The molecule has 4 aromatic rings. The zero-order valence-corrected chi connectivity index (χ0v) is 26.9. The average Bonchev–Trinajstić information content (AvgIpc) is 3.04. The van der Waals surface area contributed by atoms with Crippen molar-refractivity contribution in [3.8, 4) is 39.9 Å². The zero-order valence-electron chi connectivity index (χ0n) is 26.9. The van der Waals surface area contributed by atoms with Crippen LogP contribution in [0.25, 0.3) is 21.9 Å². The normalized spacial score (nSPS) is 19.3. The van der Waals surface area contributed by atoms with Gasteiger partial charge in [0, 0.05) is 29.0 Å². The Morgan fingerprint density at radius 2 is 1.60 bits per heavy atom. The molecule has 0 radical (unpaired) electrons. The van der Waals surface area contributed by atoms with Crippen molar-refractivity contribution in [1.82, 2.24) is 0 Å². The van der Waals surface area contributed by atoms with Crippen LogP contribution in [0.5, 0.6) is 28.7 Å². The van der Waals surface area contributed by atoms with E-state index in [4.69, 9.17) is 14.2 Å². The van der Waals surface area contributed by atoms with Gasteiger partial charge in [-0.25, -0.2) is 0 Å². The van der Waals surface area contributed by atoms with Crippen molar-refractivity contribution in [3.63, 3.8) is 0 Å². The predicted molar refractivity (Wildman–Crippen MR) is 179 cm³/mol. The second kappa shape index (κ2) is 13.2. The minimum absolute atomic E-state index is 0.0436. The van der Waals surface area contributed by atoms with Crippen molar-refractivity contribution in [3.05, 3.63) is 76.9 Å². The predicted octanol–water partition coefficient (Wildman–Crippen LogP) is 9.00. The highest BCUT2D eigenvalue weighted by atomic mass is 16.5. The highest BCUT2D eigenvalue weighted by molar-refractivity contribution is 6.04. The number of hydrogen-bond donors (Lipinski definition) is 3. The quantitative estimate of drug-likeness (QED) is 0.147. The summed E-state index contributed by atoms with van der Waals surface area (Å²) in [6.45, 7) is 4.63. The fourth-order valence-electron chi connectivity index (χ4n) is 7.66. The van der Waals surface area contributed by atoms with Crippen molar-refractivity contribution in [2.45, 2.75) is 89.8 Å². The van der Waals surface area contributed by atoms with Crippen LogP contribution < -0.4 is 14.2 Å². The lowest BCUT2D eigenvalue weighted by molar-refractivity contribution is 0.0201. The maximum Gasteiger partial charge on any atom is 0.160 e. The fraction of sp³-hybridized carbons (Fsp3) is 0.436. The molecule has 0 spiro atoms. The minimum Gasteiger partial charge on any atom is -0.507 e. The number of methoxy groups -OCH3 is 2. The number of fused-ring (bicyclic) bond motifs is 7. The lowest BCUT2D eigenvalue weighted by atomic mass is 9.71. The SMILES string of the molecule is CCCCCC(C)CCCC1Cc2cc(O)c3ccccc3c2-c2c(OC)cc3c(c21)CC(O)C(c1ccc(O)c(OC)c1)O3. The summed E-state index contributed by atoms with van der Waals surface area (Å²) in [5.74, 6) is 3.02. The van der Waals surface area contributed by atoms with Gasteiger partial charge < -0.3 is 29.5 Å². The summed E-state index contributed by atoms with van der Waals surface area (Å²) in [7, 11) is 3.21. The lowest BCUT2D eigenvalue weighted by Crippen LogP contribution is -2.32. The maximum atomic E-state index is 11.6. The van der Waals surface area contributed by atoms with Crippen LogP contribution in [0.3, 0.4) is 0 Å². The number of rotatable bonds is 11. The topological polar surface area (TPSA) is 88.4 Å². The molecule has 1 aliphatic heterocycles. The molecule has 4 aromatic carbocycles. The third-order valence-electron chi connectivity index (χ3n) is 9.95. The van der Waals surface area contributed by atoms with Crippen LogP contribution in [0, 0.1) is 5.92 Å². The van der Waals surface area contributed by atoms with Crippen molar-refractivity contribution in [2.24, 2.45) is 5.92 Å². The molecule has 4 unspecified atom stereocenters. The van der Waals surface area contributed by atoms with Crippen LogP contribution in [0.1, 0.15) is 93.1 Å². The second-order valence-electron chi connectivity index (χ2n) is 13.0. The van der Waals surface area contributed by atoms with E-state index in [9.17, 15) is 15.3 Å². The molecule has 45 heavy (non-hydrogen) atoms. The van der Waals surface area contributed by atoms with Gasteiger partial charge in [0.2, 0.25) is 0 Å². The van der Waals surface area contributed by atoms with E-state index in [0.29, 0.717) is 23.8 Å². The number of aliphatic hydroxyl groups is 1. The molecule has 2 aliphatic rings. The van der Waals surface area contributed by atoms with Gasteiger partial charge in [0.15, 0.2) is 11.5 Å². The standard InChI is InChI=1S/C39H46O6/c1-5-6-7-11-23(2)12-10-13-24-18-26-19-31(41)27-14-8-9-15-28(27)37(26)38-35(44-4)22-33-29(36(24)38)21-32(42)39(45-33)25-16-17-30(40)34(20-25)43-3/h8-9,14-17,19-20,22-24,32,39-42H,5-7,10-13,18,21H2,1-4H3. The Labute approximate surface area is 266 Å². The van der Waals surface area contributed by atoms with Crippen molar-refractivity contribution in [2.75, 3.05) is 14.2 Å². The molecule has 6 heteroatoms. The van der Waals surface area contributed by atoms with E-state index in [2.05, 4.69) is 19.9 Å². The van der Waals surface area contributed by atoms with Crippen LogP contribution in [0.4, 0.5) is 0 Å². The Bertz CT molecular complexity index is 1680. The number of phenolic OH excluding ortho intramolecular Hbond substituents is 2. The summed E-state index contributed by atoms with van der Waals surface area (Å²) in [5.41, 5.74) is 6.25. The van der Waals surface area contributed by atoms with Gasteiger partial charge >= 0.3 is 0 Å². The molecule has 3 N–H and O–H groups in total. The Balaban J connectivity index is 1.44. The lowest BCUT2D eigenvalue weighted by Gasteiger charge is -2.38. The van der Waals surface area contributed by atoms with Gasteiger partial charge in [0.1, 0.15) is 23.4 Å². The molecule has 0 saturated carbocycles. The number of benzene rings is 4. The molecular weight excluding hydrogens is 564 g/mol. The first-order valence-corrected chi connectivity index (χ1v) is 16.5. The molecule has 1 heterocycles. The smallest absolute Gasteiger partial charge is 0.160 e. The van der Waals surface area contributed by atoms with Gasteiger partial charge in [-0.3, -0.25) is 0 Å². The minimum atomic E-state index is -0.790. The summed E-state index contributed by atoms with van der Waals surface area (Å²) in [6, 6.07) is 17.0. The molecule has 238 valence electrons. The molecule has 4 atom stereocenters. The highest BCUT2D eigenvalue weighted by Crippen LogP contribution is 2.55. The monoisotopic (exact) mass is 610 g/mol. The first kappa shape index (κ1) is 31.1. The van der Waals surface area contributed by atoms with Crippen LogP contribution >= 0.6 is 0 Å². The second-order valence-corrected chi connectivity index (χ2v) is 13.0. The third-order valence-corrected chi connectivity index (χ3v) is 9.95. The van der Waals surface area contributed by atoms with Crippen molar-refractivity contribution < 1.29 is 29.5 Å². The van der Waals surface area contributed by atoms with E-state index < -0.39 is 12.2 Å². The summed E-state index contributed by atoms with van der Waals surface area (Å²) < 4.78 is 18.1. The molecule has 0 aromatic heterocycles. The van der Waals surface area contributed by atoms with E-state index in [1.54, 1.807) is 25.3 Å². The first-order valence-electron chi connectivity index (χ1n) is 16.5. The van der Waals surface area contributed by atoms with Gasteiger partial charge in [-0.05, 0) is 70.5 Å². The zero-order chi connectivity index (χ0) is 31.7. The van der Waals surface area contributed by atoms with Crippen molar-refractivity contribution >= 4 is 10.8 Å². The molecule has 0 fully saturated rings. The fourth-order valence-corrected chi connectivity index (χ4v) is 7.66. The van der Waals surface area contributed by atoms with E-state index in [1.165, 1.54) is 44.8 Å². The first-order chi connectivity index (χ1) is 21.8. The van der Waals surface area contributed by atoms with Crippen LogP contribution in [0.2, 0.25) is 0 Å². The maximum absolute atomic E-state index is 11.6. The largest absolute Gasteiger partial charge is 0.507 e. The van der Waals surface area contributed by atoms with E-state index >= 15 is 0 Å². The molecule has 0 bridgehead atoms. The number of aliphatic hydroxyl groups excluding tert-OH is 1. The number of ether oxygens (including phenoxy) is 3. The summed E-state index contributed by atoms with van der Waals surface area (Å²) in [4.78, 5) is 0. The van der Waals surface area contributed by atoms with Crippen LogP contribution in [0.15, 0.2) is 54.6 Å². The molecular formula is C39H46O6. The molecule has 6 rings (SSSR count). The van der Waals surface area contributed by atoms with E-state index in [-0.39, 0.29) is 11.7 Å². The van der Waals surface area contributed by atoms with Crippen molar-refractivity contribution in [1.29, 1.82) is 0 Å². The Hall–Kier alpha value is -3.90. The Morgan fingerprint density at radius 3 is 2.36 bits per heavy atom. The van der Waals surface area contributed by atoms with Gasteiger partial charge in [0.25, 0.3) is 0 Å². The van der Waals surface area contributed by atoms with E-state index in [0.717, 1.165) is 69.4 Å². The Morgan fingerprint density at radius 1 is 0.844 bits per heavy atom. The summed E-state index contributed by atoms with van der Waals surface area (Å²) in [5, 5.41) is 34.6. The Kier molecular flexibility index (Phi) is 9.14. The number of phenols is 2. The van der Waals surface area contributed by atoms with Crippen LogP contribution in [-0.2, 0) is 12.8 Å². The van der Waals surface area contributed by atoms with Gasteiger partial charge in [-0.2, -0.15) is 0 Å². The molecule has 0 saturated heterocycles. The molecule has 6 nitrogen and oxygen atoms in total. The number of unbranched alkanes of at least 4 members (excludes halogenated alkanes) is 2. The molecule has 0 amide bonds. The highest BCUT2D eigenvalue weighted by Gasteiger charge is 2.38. The van der Waals surface area contributed by atoms with Crippen LogP contribution in [-0.4, -0.2) is 35.6 Å². The third kappa shape index (κ3) is 5.93. The number of aromatic hydroxyl groups is 2. The summed E-state index contributed by atoms with van der Waals surface area (Å²) >= 11 is 0. The number of hydrogen-bond acceptors (Lipinski definition) is 6.